The average Bonchev–Trinajstić information content (AvgIpc) is 2.48. The third kappa shape index (κ3) is 2.75. The standard InChI is InChI=1S/C18H15BrO/c19-18-9-5-4-8-17(18)15-10-14(11-16(20)12-15)13-6-2-1-3-7-13/h1-9,11,15H,10,12H2/t15-/m0/s1. The van der Waals surface area contributed by atoms with Crippen molar-refractivity contribution in [2.45, 2.75) is 18.8 Å². The highest BCUT2D eigenvalue weighted by Crippen LogP contribution is 2.38. The van der Waals surface area contributed by atoms with E-state index in [0.29, 0.717) is 6.42 Å². The van der Waals surface area contributed by atoms with Crippen molar-refractivity contribution in [1.82, 2.24) is 0 Å². The van der Waals surface area contributed by atoms with Crippen LogP contribution in [0.3, 0.4) is 0 Å². The SMILES string of the molecule is O=C1C=C(c2ccccc2)C[C@H](c2ccccc2Br)C1. The van der Waals surface area contributed by atoms with Crippen LogP contribution in [-0.2, 0) is 4.79 Å². The first-order valence-corrected chi connectivity index (χ1v) is 7.56. The van der Waals surface area contributed by atoms with Crippen molar-refractivity contribution >= 4 is 27.3 Å². The summed E-state index contributed by atoms with van der Waals surface area (Å²) in [7, 11) is 0. The van der Waals surface area contributed by atoms with E-state index in [1.807, 2.05) is 42.5 Å². The molecule has 3 rings (SSSR count). The van der Waals surface area contributed by atoms with Crippen molar-refractivity contribution in [3.8, 4) is 0 Å². The van der Waals surface area contributed by atoms with E-state index in [1.165, 1.54) is 5.56 Å². The number of halogens is 1. The minimum Gasteiger partial charge on any atom is -0.295 e. The van der Waals surface area contributed by atoms with Gasteiger partial charge in [0.25, 0.3) is 0 Å². The minimum absolute atomic E-state index is 0.218. The molecule has 0 fully saturated rings. The number of ketones is 1. The predicted molar refractivity (Wildman–Crippen MR) is 85.5 cm³/mol. The van der Waals surface area contributed by atoms with Gasteiger partial charge in [-0.15, -0.1) is 0 Å². The van der Waals surface area contributed by atoms with E-state index in [4.69, 9.17) is 0 Å². The van der Waals surface area contributed by atoms with E-state index < -0.39 is 0 Å². The molecule has 0 unspecified atom stereocenters. The normalized spacial score (nSPS) is 18.8. The lowest BCUT2D eigenvalue weighted by molar-refractivity contribution is -0.115. The minimum atomic E-state index is 0.218. The van der Waals surface area contributed by atoms with Gasteiger partial charge in [0.15, 0.2) is 5.78 Å². The van der Waals surface area contributed by atoms with Crippen LogP contribution in [0.15, 0.2) is 65.1 Å². The van der Waals surface area contributed by atoms with Crippen LogP contribution in [0.25, 0.3) is 5.57 Å². The van der Waals surface area contributed by atoms with E-state index in [1.54, 1.807) is 0 Å². The molecule has 0 bridgehead atoms. The van der Waals surface area contributed by atoms with Gasteiger partial charge in [-0.1, -0.05) is 64.5 Å². The maximum atomic E-state index is 12.1. The maximum Gasteiger partial charge on any atom is 0.156 e. The molecule has 0 aliphatic heterocycles. The molecule has 0 saturated heterocycles. The molecule has 0 radical (unpaired) electrons. The van der Waals surface area contributed by atoms with Gasteiger partial charge in [-0.2, -0.15) is 0 Å². The van der Waals surface area contributed by atoms with E-state index >= 15 is 0 Å². The zero-order chi connectivity index (χ0) is 13.9. The Bertz CT molecular complexity index is 658. The number of hydrogen-bond donors (Lipinski definition) is 0. The van der Waals surface area contributed by atoms with Crippen LogP contribution in [0.1, 0.15) is 29.9 Å². The average molecular weight is 327 g/mol. The Morgan fingerprint density at radius 3 is 2.35 bits per heavy atom. The molecular formula is C18H15BrO. The zero-order valence-corrected chi connectivity index (χ0v) is 12.6. The highest BCUT2D eigenvalue weighted by Gasteiger charge is 2.24. The Kier molecular flexibility index (Phi) is 3.83. The maximum absolute atomic E-state index is 12.1. The summed E-state index contributed by atoms with van der Waals surface area (Å²) in [5.74, 6) is 0.481. The second-order valence-corrected chi connectivity index (χ2v) is 5.98. The first-order chi connectivity index (χ1) is 9.74. The Hall–Kier alpha value is -1.67. The predicted octanol–water partition coefficient (Wildman–Crippen LogP) is 4.98. The van der Waals surface area contributed by atoms with E-state index in [0.717, 1.165) is 22.0 Å². The van der Waals surface area contributed by atoms with Crippen LogP contribution in [0.4, 0.5) is 0 Å². The molecule has 1 atom stereocenters. The number of hydrogen-bond acceptors (Lipinski definition) is 1. The molecule has 0 aromatic heterocycles. The highest BCUT2D eigenvalue weighted by molar-refractivity contribution is 9.10. The van der Waals surface area contributed by atoms with Crippen molar-refractivity contribution in [2.75, 3.05) is 0 Å². The molecule has 1 aliphatic carbocycles. The fourth-order valence-electron chi connectivity index (χ4n) is 2.77. The van der Waals surface area contributed by atoms with Crippen LogP contribution >= 0.6 is 15.9 Å². The van der Waals surface area contributed by atoms with Crippen molar-refractivity contribution in [2.24, 2.45) is 0 Å². The topological polar surface area (TPSA) is 17.1 Å². The van der Waals surface area contributed by atoms with Gasteiger partial charge in [-0.25, -0.2) is 0 Å². The van der Waals surface area contributed by atoms with Crippen LogP contribution in [-0.4, -0.2) is 5.78 Å². The van der Waals surface area contributed by atoms with Gasteiger partial charge in [0.2, 0.25) is 0 Å². The molecule has 1 nitrogen and oxygen atoms in total. The monoisotopic (exact) mass is 326 g/mol. The number of carbonyl (C=O) groups excluding carboxylic acids is 1. The summed E-state index contributed by atoms with van der Waals surface area (Å²) in [6.07, 6.45) is 3.32. The number of rotatable bonds is 2. The Morgan fingerprint density at radius 2 is 1.60 bits per heavy atom. The lowest BCUT2D eigenvalue weighted by atomic mass is 9.81. The van der Waals surface area contributed by atoms with Gasteiger partial charge in [-0.3, -0.25) is 4.79 Å². The first kappa shape index (κ1) is 13.3. The molecule has 0 amide bonds. The van der Waals surface area contributed by atoms with Crippen molar-refractivity contribution < 1.29 is 4.79 Å². The molecular weight excluding hydrogens is 312 g/mol. The highest BCUT2D eigenvalue weighted by atomic mass is 79.9. The zero-order valence-electron chi connectivity index (χ0n) is 11.1. The fraction of sp³-hybridized carbons (Fsp3) is 0.167. The van der Waals surface area contributed by atoms with E-state index in [9.17, 15) is 4.79 Å². The Balaban J connectivity index is 1.93. The summed E-state index contributed by atoms with van der Waals surface area (Å²) < 4.78 is 1.09. The molecule has 100 valence electrons. The van der Waals surface area contributed by atoms with Crippen LogP contribution in [0.2, 0.25) is 0 Å². The molecule has 0 spiro atoms. The molecule has 0 heterocycles. The summed E-state index contributed by atoms with van der Waals surface area (Å²) >= 11 is 3.60. The van der Waals surface area contributed by atoms with E-state index in [-0.39, 0.29) is 11.7 Å². The second kappa shape index (κ2) is 5.76. The lowest BCUT2D eigenvalue weighted by Gasteiger charge is -2.23. The number of carbonyl (C=O) groups is 1. The van der Waals surface area contributed by atoms with Crippen molar-refractivity contribution in [3.63, 3.8) is 0 Å². The molecule has 0 saturated carbocycles. The molecule has 2 aromatic rings. The quantitative estimate of drug-likeness (QED) is 0.760. The Morgan fingerprint density at radius 1 is 0.900 bits per heavy atom. The molecule has 2 heteroatoms. The van der Waals surface area contributed by atoms with Gasteiger partial charge in [-0.05, 0) is 41.2 Å². The fourth-order valence-corrected chi connectivity index (χ4v) is 3.38. The molecule has 2 aromatic carbocycles. The van der Waals surface area contributed by atoms with Gasteiger partial charge in [0, 0.05) is 10.9 Å². The Labute approximate surface area is 127 Å². The number of allylic oxidation sites excluding steroid dienone is 2. The lowest BCUT2D eigenvalue weighted by Crippen LogP contribution is -2.12. The van der Waals surface area contributed by atoms with Crippen LogP contribution in [0.5, 0.6) is 0 Å². The molecule has 0 N–H and O–H groups in total. The van der Waals surface area contributed by atoms with E-state index in [2.05, 4.69) is 34.1 Å². The number of benzene rings is 2. The first-order valence-electron chi connectivity index (χ1n) is 6.77. The largest absolute Gasteiger partial charge is 0.295 e. The van der Waals surface area contributed by atoms with Crippen molar-refractivity contribution in [1.29, 1.82) is 0 Å². The third-order valence-electron chi connectivity index (χ3n) is 3.74. The van der Waals surface area contributed by atoms with Gasteiger partial charge >= 0.3 is 0 Å². The smallest absolute Gasteiger partial charge is 0.156 e. The van der Waals surface area contributed by atoms with Gasteiger partial charge < -0.3 is 0 Å². The van der Waals surface area contributed by atoms with Gasteiger partial charge in [0.1, 0.15) is 0 Å². The van der Waals surface area contributed by atoms with Crippen molar-refractivity contribution in [3.05, 3.63) is 76.3 Å². The second-order valence-electron chi connectivity index (χ2n) is 5.13. The summed E-state index contributed by atoms with van der Waals surface area (Å²) in [6.45, 7) is 0. The molecule has 1 aliphatic rings. The van der Waals surface area contributed by atoms with Crippen LogP contribution in [0, 0.1) is 0 Å². The summed E-state index contributed by atoms with van der Waals surface area (Å²) in [5, 5.41) is 0. The summed E-state index contributed by atoms with van der Waals surface area (Å²) in [5.41, 5.74) is 3.52. The summed E-state index contributed by atoms with van der Waals surface area (Å²) in [4.78, 5) is 12.1. The molecule has 20 heavy (non-hydrogen) atoms. The summed E-state index contributed by atoms with van der Waals surface area (Å²) in [6, 6.07) is 18.4. The third-order valence-corrected chi connectivity index (χ3v) is 4.46. The van der Waals surface area contributed by atoms with Gasteiger partial charge in [0.05, 0.1) is 0 Å². The van der Waals surface area contributed by atoms with Crippen LogP contribution < -0.4 is 0 Å².